The van der Waals surface area contributed by atoms with Crippen LogP contribution < -0.4 is 0 Å². The van der Waals surface area contributed by atoms with E-state index in [-0.39, 0.29) is 0 Å². The first-order chi connectivity index (χ1) is 20.7. The quantitative estimate of drug-likeness (QED) is 0.208. The molecule has 186 valence electrons. The van der Waals surface area contributed by atoms with E-state index in [0.717, 1.165) is 43.8 Å². The molecule has 0 N–H and O–H groups in total. The molecule has 0 aliphatic heterocycles. The summed E-state index contributed by atoms with van der Waals surface area (Å²) in [5.74, 6) is 0. The largest absolute Gasteiger partial charge is 0.0623 e. The second-order valence-corrected chi connectivity index (χ2v) is 10.3. The van der Waals surface area contributed by atoms with Crippen molar-refractivity contribution in [2.45, 2.75) is 0 Å². The van der Waals surface area contributed by atoms with E-state index in [9.17, 15) is 0 Å². The highest BCUT2D eigenvalue weighted by Crippen LogP contribution is 2.47. The summed E-state index contributed by atoms with van der Waals surface area (Å²) in [6, 6.07) is 51.5. The molecule has 0 atom stereocenters. The highest BCUT2D eigenvalue weighted by molar-refractivity contribution is 6.25. The molecule has 0 aliphatic rings. The van der Waals surface area contributed by atoms with E-state index in [1.807, 2.05) is 24.3 Å². The van der Waals surface area contributed by atoms with E-state index in [2.05, 4.69) is 121 Å². The van der Waals surface area contributed by atoms with Crippen molar-refractivity contribution >= 4 is 43.1 Å². The first-order valence-corrected chi connectivity index (χ1v) is 13.7. The minimum absolute atomic E-state index is 0.481. The average Bonchev–Trinajstić information content (AvgIpc) is 3.03. The lowest BCUT2D eigenvalue weighted by Gasteiger charge is -2.20. The summed E-state index contributed by atoms with van der Waals surface area (Å²) < 4.78 is 17.3. The Balaban J connectivity index is 1.54. The molecule has 0 aromatic heterocycles. The van der Waals surface area contributed by atoms with Crippen molar-refractivity contribution in [2.75, 3.05) is 0 Å². The maximum absolute atomic E-state index is 8.66. The average molecular weight is 509 g/mol. The molecule has 0 saturated carbocycles. The lowest BCUT2D eigenvalue weighted by atomic mass is 9.83. The minimum atomic E-state index is 0.481. The number of rotatable bonds is 3. The van der Waals surface area contributed by atoms with Crippen LogP contribution in [-0.4, -0.2) is 0 Å². The molecule has 0 heterocycles. The van der Waals surface area contributed by atoms with Gasteiger partial charge in [0.2, 0.25) is 0 Å². The summed E-state index contributed by atoms with van der Waals surface area (Å²) in [5, 5.41) is 9.00. The lowest BCUT2D eigenvalue weighted by Crippen LogP contribution is -1.93. The van der Waals surface area contributed by atoms with Gasteiger partial charge in [0.15, 0.2) is 0 Å². The van der Waals surface area contributed by atoms with Crippen LogP contribution in [0.1, 0.15) is 2.74 Å². The summed E-state index contributed by atoms with van der Waals surface area (Å²) in [4.78, 5) is 0. The first kappa shape index (κ1) is 20.7. The van der Waals surface area contributed by atoms with Gasteiger partial charge < -0.3 is 0 Å². The lowest BCUT2D eigenvalue weighted by molar-refractivity contribution is 1.64. The first-order valence-electron chi connectivity index (χ1n) is 14.7. The van der Waals surface area contributed by atoms with Gasteiger partial charge in [0, 0.05) is 0 Å². The number of benzene rings is 8. The molecule has 0 spiro atoms. The van der Waals surface area contributed by atoms with Crippen molar-refractivity contribution in [1.82, 2.24) is 0 Å². The van der Waals surface area contributed by atoms with Crippen molar-refractivity contribution in [1.29, 1.82) is 0 Å². The molecule has 0 radical (unpaired) electrons. The van der Waals surface area contributed by atoms with Crippen molar-refractivity contribution in [3.63, 3.8) is 0 Å². The smallest absolute Gasteiger partial charge is 0.0622 e. The van der Waals surface area contributed by atoms with E-state index in [1.165, 1.54) is 32.7 Å². The maximum Gasteiger partial charge on any atom is 0.0623 e. The molecule has 0 nitrogen and oxygen atoms in total. The second-order valence-electron chi connectivity index (χ2n) is 10.3. The Kier molecular flexibility index (Phi) is 4.78. The highest BCUT2D eigenvalue weighted by atomic mass is 14.2. The van der Waals surface area contributed by atoms with Crippen LogP contribution in [0.5, 0.6) is 0 Å². The van der Waals surface area contributed by atoms with E-state index < -0.39 is 0 Å². The Labute approximate surface area is 236 Å². The molecule has 8 aromatic carbocycles. The van der Waals surface area contributed by atoms with Crippen LogP contribution in [0.15, 0.2) is 158 Å². The van der Waals surface area contributed by atoms with Crippen LogP contribution >= 0.6 is 0 Å². The van der Waals surface area contributed by atoms with Crippen LogP contribution in [0, 0.1) is 0 Å². The number of hydrogen-bond donors (Lipinski definition) is 0. The third kappa shape index (κ3) is 3.47. The van der Waals surface area contributed by atoms with E-state index >= 15 is 0 Å². The third-order valence-corrected chi connectivity index (χ3v) is 8.14. The predicted octanol–water partition coefficient (Wildman–Crippen LogP) is 11.3. The minimum Gasteiger partial charge on any atom is -0.0622 e. The zero-order valence-corrected chi connectivity index (χ0v) is 21.9. The van der Waals surface area contributed by atoms with Crippen LogP contribution in [0.4, 0.5) is 0 Å². The van der Waals surface area contributed by atoms with Gasteiger partial charge in [0.1, 0.15) is 0 Å². The summed E-state index contributed by atoms with van der Waals surface area (Å²) >= 11 is 0. The summed E-state index contributed by atoms with van der Waals surface area (Å²) in [6.45, 7) is 0. The molecule has 8 rings (SSSR count). The SMILES string of the molecule is [2H]c1ccc2c(-c3ccc(-c4ccccc4)c4ccccc34)c3cc([2H])ccc3c(-c3cccc4ccccc34)c2c1. The Morgan fingerprint density at radius 2 is 0.775 bits per heavy atom. The topological polar surface area (TPSA) is 0 Å². The number of hydrogen-bond acceptors (Lipinski definition) is 0. The Bertz CT molecular complexity index is 2310. The van der Waals surface area contributed by atoms with Crippen molar-refractivity contribution in [3.8, 4) is 33.4 Å². The molecule has 0 heteroatoms. The Hall–Kier alpha value is -5.20. The van der Waals surface area contributed by atoms with E-state index in [4.69, 9.17) is 2.74 Å². The fraction of sp³-hybridized carbons (Fsp3) is 0. The van der Waals surface area contributed by atoms with Crippen molar-refractivity contribution < 1.29 is 2.74 Å². The van der Waals surface area contributed by atoms with Gasteiger partial charge >= 0.3 is 0 Å². The monoisotopic (exact) mass is 508 g/mol. The van der Waals surface area contributed by atoms with Gasteiger partial charge in [0.05, 0.1) is 2.74 Å². The molecular weight excluding hydrogens is 480 g/mol. The third-order valence-electron chi connectivity index (χ3n) is 8.14. The standard InChI is InChI=1S/C40H26/c1-2-13-27(14-3-1)30-25-26-38(32-19-7-6-18-31(30)32)40-36-22-10-8-20-34(36)39(35-21-9-11-23-37(35)40)33-24-12-16-28-15-4-5-17-29(28)33/h1-26H/i8D,11D. The highest BCUT2D eigenvalue weighted by Gasteiger charge is 2.19. The molecule has 0 amide bonds. The maximum atomic E-state index is 8.66. The van der Waals surface area contributed by atoms with Crippen LogP contribution in [0.3, 0.4) is 0 Å². The molecule has 0 fully saturated rings. The van der Waals surface area contributed by atoms with E-state index in [1.54, 1.807) is 0 Å². The van der Waals surface area contributed by atoms with Crippen LogP contribution in [0.25, 0.3) is 76.5 Å². The second kappa shape index (κ2) is 9.22. The molecule has 0 bridgehead atoms. The van der Waals surface area contributed by atoms with Gasteiger partial charge in [-0.05, 0) is 76.5 Å². The van der Waals surface area contributed by atoms with Gasteiger partial charge in [0.25, 0.3) is 0 Å². The molecular formula is C40H26. The Morgan fingerprint density at radius 3 is 1.48 bits per heavy atom. The molecule has 0 unspecified atom stereocenters. The molecule has 40 heavy (non-hydrogen) atoms. The Morgan fingerprint density at radius 1 is 0.300 bits per heavy atom. The zero-order valence-electron chi connectivity index (χ0n) is 23.9. The summed E-state index contributed by atoms with van der Waals surface area (Å²) in [5.41, 5.74) is 6.88. The molecule has 0 aliphatic carbocycles. The van der Waals surface area contributed by atoms with Crippen molar-refractivity contribution in [2.24, 2.45) is 0 Å². The fourth-order valence-electron chi connectivity index (χ4n) is 6.41. The normalized spacial score (nSPS) is 12.2. The van der Waals surface area contributed by atoms with Crippen LogP contribution in [-0.2, 0) is 0 Å². The van der Waals surface area contributed by atoms with Gasteiger partial charge in [-0.2, -0.15) is 0 Å². The summed E-state index contributed by atoms with van der Waals surface area (Å²) in [6.07, 6.45) is 0. The summed E-state index contributed by atoms with van der Waals surface area (Å²) in [7, 11) is 0. The van der Waals surface area contributed by atoms with Gasteiger partial charge in [-0.15, -0.1) is 0 Å². The molecule has 8 aromatic rings. The van der Waals surface area contributed by atoms with E-state index in [0.29, 0.717) is 12.1 Å². The van der Waals surface area contributed by atoms with Gasteiger partial charge in [-0.25, -0.2) is 0 Å². The zero-order chi connectivity index (χ0) is 28.2. The van der Waals surface area contributed by atoms with Crippen molar-refractivity contribution in [3.05, 3.63) is 158 Å². The predicted molar refractivity (Wildman–Crippen MR) is 173 cm³/mol. The number of fused-ring (bicyclic) bond motifs is 4. The van der Waals surface area contributed by atoms with Gasteiger partial charge in [-0.1, -0.05) is 158 Å². The van der Waals surface area contributed by atoms with Crippen LogP contribution in [0.2, 0.25) is 0 Å². The fourth-order valence-corrected chi connectivity index (χ4v) is 6.41. The van der Waals surface area contributed by atoms with Gasteiger partial charge in [-0.3, -0.25) is 0 Å². The molecule has 0 saturated heterocycles.